The Hall–Kier alpha value is -3.00. The second-order valence-electron chi connectivity index (χ2n) is 5.54. The summed E-state index contributed by atoms with van der Waals surface area (Å²) in [6.07, 6.45) is 0.832. The van der Waals surface area contributed by atoms with E-state index in [-0.39, 0.29) is 16.5 Å². The Kier molecular flexibility index (Phi) is 5.13. The molecule has 1 aromatic heterocycles. The third-order valence-corrected chi connectivity index (χ3v) is 5.01. The average Bonchev–Trinajstić information content (AvgIpc) is 2.63. The van der Waals surface area contributed by atoms with Crippen LogP contribution < -0.4 is 10.0 Å². The van der Waals surface area contributed by atoms with Crippen molar-refractivity contribution in [2.45, 2.75) is 18.2 Å². The zero-order valence-corrected chi connectivity index (χ0v) is 14.8. The SMILES string of the molecule is CCc1ccc(S(=O)(=O)Nc2ccc(Nc3cccc(F)c3)nn2)cc1. The fourth-order valence-electron chi connectivity index (χ4n) is 2.27. The lowest BCUT2D eigenvalue weighted by Gasteiger charge is -2.09. The number of rotatable bonds is 6. The molecule has 0 aliphatic carbocycles. The first-order valence-corrected chi connectivity index (χ1v) is 9.43. The van der Waals surface area contributed by atoms with Crippen molar-refractivity contribution in [1.82, 2.24) is 10.2 Å². The van der Waals surface area contributed by atoms with Crippen LogP contribution in [0.1, 0.15) is 12.5 Å². The van der Waals surface area contributed by atoms with Crippen molar-refractivity contribution in [3.05, 3.63) is 72.0 Å². The van der Waals surface area contributed by atoms with Gasteiger partial charge in [-0.3, -0.25) is 4.72 Å². The minimum Gasteiger partial charge on any atom is -0.339 e. The van der Waals surface area contributed by atoms with Gasteiger partial charge in [0.25, 0.3) is 10.0 Å². The average molecular weight is 372 g/mol. The lowest BCUT2D eigenvalue weighted by molar-refractivity contribution is 0.601. The summed E-state index contributed by atoms with van der Waals surface area (Å²) in [6, 6.07) is 15.6. The lowest BCUT2D eigenvalue weighted by atomic mass is 10.2. The monoisotopic (exact) mass is 372 g/mol. The quantitative estimate of drug-likeness (QED) is 0.689. The van der Waals surface area contributed by atoms with Crippen molar-refractivity contribution in [3.63, 3.8) is 0 Å². The summed E-state index contributed by atoms with van der Waals surface area (Å²) < 4.78 is 40.3. The number of nitrogens with zero attached hydrogens (tertiary/aromatic N) is 2. The maximum atomic E-state index is 13.2. The molecule has 0 saturated carbocycles. The van der Waals surface area contributed by atoms with E-state index in [2.05, 4.69) is 20.2 Å². The first-order valence-electron chi connectivity index (χ1n) is 7.94. The Morgan fingerprint density at radius 1 is 0.962 bits per heavy atom. The van der Waals surface area contributed by atoms with E-state index in [9.17, 15) is 12.8 Å². The molecule has 2 aromatic carbocycles. The number of halogens is 1. The van der Waals surface area contributed by atoms with E-state index in [0.717, 1.165) is 12.0 Å². The van der Waals surface area contributed by atoms with Gasteiger partial charge in [0.05, 0.1) is 4.90 Å². The third-order valence-electron chi connectivity index (χ3n) is 3.64. The van der Waals surface area contributed by atoms with Gasteiger partial charge in [0.2, 0.25) is 0 Å². The Morgan fingerprint density at radius 2 is 1.65 bits per heavy atom. The van der Waals surface area contributed by atoms with Crippen molar-refractivity contribution in [1.29, 1.82) is 0 Å². The van der Waals surface area contributed by atoms with Gasteiger partial charge in [-0.1, -0.05) is 25.1 Å². The molecule has 6 nitrogen and oxygen atoms in total. The molecule has 8 heteroatoms. The number of nitrogens with one attached hydrogen (secondary N) is 2. The highest BCUT2D eigenvalue weighted by atomic mass is 32.2. The van der Waals surface area contributed by atoms with Crippen LogP contribution in [0.4, 0.5) is 21.7 Å². The summed E-state index contributed by atoms with van der Waals surface area (Å²) in [5.41, 5.74) is 1.57. The van der Waals surface area contributed by atoms with E-state index in [1.54, 1.807) is 42.5 Å². The molecular weight excluding hydrogens is 355 g/mol. The Morgan fingerprint density at radius 3 is 2.27 bits per heavy atom. The number of aryl methyl sites for hydroxylation is 1. The molecule has 0 spiro atoms. The minimum atomic E-state index is -3.74. The molecule has 0 atom stereocenters. The summed E-state index contributed by atoms with van der Waals surface area (Å²) in [5.74, 6) is 0.0848. The summed E-state index contributed by atoms with van der Waals surface area (Å²) in [7, 11) is -3.74. The standard InChI is InChI=1S/C18H17FN4O2S/c1-2-13-6-8-16(9-7-13)26(24,25)23-18-11-10-17(21-22-18)20-15-5-3-4-14(19)12-15/h3-12H,2H2,1H3,(H,20,21)(H,22,23). The zero-order chi connectivity index (χ0) is 18.6. The molecule has 0 radical (unpaired) electrons. The lowest BCUT2D eigenvalue weighted by Crippen LogP contribution is -2.14. The van der Waals surface area contributed by atoms with Crippen LogP contribution in [0.3, 0.4) is 0 Å². The second-order valence-corrected chi connectivity index (χ2v) is 7.22. The summed E-state index contributed by atoms with van der Waals surface area (Å²) in [6.45, 7) is 2.00. The molecule has 3 rings (SSSR count). The van der Waals surface area contributed by atoms with Gasteiger partial charge in [0.15, 0.2) is 11.6 Å². The fraction of sp³-hybridized carbons (Fsp3) is 0.111. The number of benzene rings is 2. The highest BCUT2D eigenvalue weighted by Gasteiger charge is 2.15. The van der Waals surface area contributed by atoms with E-state index in [0.29, 0.717) is 11.5 Å². The highest BCUT2D eigenvalue weighted by Crippen LogP contribution is 2.18. The number of hydrogen-bond acceptors (Lipinski definition) is 5. The molecule has 0 amide bonds. The van der Waals surface area contributed by atoms with Crippen molar-refractivity contribution < 1.29 is 12.8 Å². The van der Waals surface area contributed by atoms with E-state index in [1.165, 1.54) is 18.2 Å². The largest absolute Gasteiger partial charge is 0.339 e. The first kappa shape index (κ1) is 17.8. The highest BCUT2D eigenvalue weighted by molar-refractivity contribution is 7.92. The zero-order valence-electron chi connectivity index (χ0n) is 14.0. The Balaban J connectivity index is 1.71. The minimum absolute atomic E-state index is 0.0920. The molecule has 0 unspecified atom stereocenters. The van der Waals surface area contributed by atoms with Crippen LogP contribution in [-0.2, 0) is 16.4 Å². The van der Waals surface area contributed by atoms with Gasteiger partial charge in [0, 0.05) is 5.69 Å². The van der Waals surface area contributed by atoms with Crippen LogP contribution in [0.25, 0.3) is 0 Å². The van der Waals surface area contributed by atoms with E-state index in [4.69, 9.17) is 0 Å². The van der Waals surface area contributed by atoms with Crippen molar-refractivity contribution in [2.24, 2.45) is 0 Å². The molecule has 0 aliphatic heterocycles. The molecular formula is C18H17FN4O2S. The number of anilines is 3. The molecule has 0 saturated heterocycles. The third kappa shape index (κ3) is 4.34. The van der Waals surface area contributed by atoms with E-state index >= 15 is 0 Å². The molecule has 134 valence electrons. The van der Waals surface area contributed by atoms with E-state index < -0.39 is 10.0 Å². The van der Waals surface area contributed by atoms with Crippen LogP contribution in [-0.4, -0.2) is 18.6 Å². The molecule has 1 heterocycles. The van der Waals surface area contributed by atoms with Crippen LogP contribution in [0, 0.1) is 5.82 Å². The Bertz CT molecular complexity index is 990. The predicted octanol–water partition coefficient (Wildman–Crippen LogP) is 3.72. The maximum Gasteiger partial charge on any atom is 0.263 e. The van der Waals surface area contributed by atoms with Gasteiger partial charge >= 0.3 is 0 Å². The normalized spacial score (nSPS) is 11.2. The number of aromatic nitrogens is 2. The van der Waals surface area contributed by atoms with Gasteiger partial charge in [0.1, 0.15) is 5.82 Å². The molecule has 2 N–H and O–H groups in total. The maximum absolute atomic E-state index is 13.2. The van der Waals surface area contributed by atoms with Crippen molar-refractivity contribution in [3.8, 4) is 0 Å². The topological polar surface area (TPSA) is 84.0 Å². The van der Waals surface area contributed by atoms with Crippen LogP contribution in [0.2, 0.25) is 0 Å². The molecule has 3 aromatic rings. The summed E-state index contributed by atoms with van der Waals surface area (Å²) in [4.78, 5) is 0.151. The van der Waals surface area contributed by atoms with Crippen molar-refractivity contribution in [2.75, 3.05) is 10.0 Å². The molecule has 0 aliphatic rings. The van der Waals surface area contributed by atoms with Crippen molar-refractivity contribution >= 4 is 27.3 Å². The predicted molar refractivity (Wildman–Crippen MR) is 98.3 cm³/mol. The van der Waals surface area contributed by atoms with Gasteiger partial charge in [-0.25, -0.2) is 12.8 Å². The number of sulfonamides is 1. The first-order chi connectivity index (χ1) is 12.5. The molecule has 0 fully saturated rings. The van der Waals surface area contributed by atoms with Gasteiger partial charge < -0.3 is 5.32 Å². The molecule has 0 bridgehead atoms. The van der Waals surface area contributed by atoms with Crippen LogP contribution in [0.5, 0.6) is 0 Å². The van der Waals surface area contributed by atoms with E-state index in [1.807, 2.05) is 6.92 Å². The molecule has 26 heavy (non-hydrogen) atoms. The van der Waals surface area contributed by atoms with Crippen LogP contribution in [0.15, 0.2) is 65.6 Å². The summed E-state index contributed by atoms with van der Waals surface area (Å²) in [5, 5.41) is 10.6. The fourth-order valence-corrected chi connectivity index (χ4v) is 3.26. The number of hydrogen-bond donors (Lipinski definition) is 2. The van der Waals surface area contributed by atoms with Gasteiger partial charge in [-0.2, -0.15) is 0 Å². The van der Waals surface area contributed by atoms with Crippen LogP contribution >= 0.6 is 0 Å². The summed E-state index contributed by atoms with van der Waals surface area (Å²) >= 11 is 0. The second kappa shape index (κ2) is 7.49. The Labute approximate surface area is 151 Å². The smallest absolute Gasteiger partial charge is 0.263 e. The van der Waals surface area contributed by atoms with Gasteiger partial charge in [-0.05, 0) is 54.4 Å². The van der Waals surface area contributed by atoms with Gasteiger partial charge in [-0.15, -0.1) is 10.2 Å².